The normalized spacial score (nSPS) is 12.4. The Morgan fingerprint density at radius 3 is 2.82 bits per heavy atom. The second-order valence-corrected chi connectivity index (χ2v) is 5.88. The molecule has 17 heavy (non-hydrogen) atoms. The van der Waals surface area contributed by atoms with Gasteiger partial charge in [-0.25, -0.2) is 4.79 Å². The van der Waals surface area contributed by atoms with Crippen LogP contribution in [0.2, 0.25) is 0 Å². The molecular formula is C13H19BrO2S. The molecule has 0 aliphatic rings. The van der Waals surface area contributed by atoms with Crippen molar-refractivity contribution in [2.45, 2.75) is 39.5 Å². The third kappa shape index (κ3) is 4.80. The zero-order valence-electron chi connectivity index (χ0n) is 10.4. The lowest BCUT2D eigenvalue weighted by atomic mass is 10.0. The number of hydrogen-bond acceptors (Lipinski definition) is 3. The lowest BCUT2D eigenvalue weighted by Crippen LogP contribution is -2.13. The molecule has 1 aromatic heterocycles. The van der Waals surface area contributed by atoms with Gasteiger partial charge in [0.15, 0.2) is 0 Å². The largest absolute Gasteiger partial charge is 0.461 e. The summed E-state index contributed by atoms with van der Waals surface area (Å²) in [7, 11) is 0. The highest BCUT2D eigenvalue weighted by molar-refractivity contribution is 9.10. The standard InChI is InChI=1S/C13H19BrO2S/c1-3-5-6-10(4-2)9-16-13(15)12-11(14)7-8-17-12/h7-8,10H,3-6,9H2,1-2H3. The van der Waals surface area contributed by atoms with E-state index >= 15 is 0 Å². The maximum absolute atomic E-state index is 11.8. The van der Waals surface area contributed by atoms with Crippen LogP contribution < -0.4 is 0 Å². The number of ether oxygens (including phenoxy) is 1. The molecule has 0 bridgehead atoms. The number of carbonyl (C=O) groups is 1. The Labute approximate surface area is 115 Å². The van der Waals surface area contributed by atoms with E-state index in [0.29, 0.717) is 17.4 Å². The molecule has 2 nitrogen and oxygen atoms in total. The first-order valence-electron chi connectivity index (χ1n) is 6.09. The molecule has 0 aliphatic carbocycles. The number of hydrogen-bond donors (Lipinski definition) is 0. The molecule has 1 rings (SSSR count). The van der Waals surface area contributed by atoms with Crippen LogP contribution in [0.3, 0.4) is 0 Å². The van der Waals surface area contributed by atoms with Gasteiger partial charge in [-0.2, -0.15) is 0 Å². The van der Waals surface area contributed by atoms with Crippen LogP contribution in [0, 0.1) is 5.92 Å². The van der Waals surface area contributed by atoms with Gasteiger partial charge in [-0.3, -0.25) is 0 Å². The second-order valence-electron chi connectivity index (χ2n) is 4.11. The summed E-state index contributed by atoms with van der Waals surface area (Å²) >= 11 is 4.76. The minimum atomic E-state index is -0.207. The molecule has 0 N–H and O–H groups in total. The zero-order chi connectivity index (χ0) is 12.7. The predicted octanol–water partition coefficient (Wildman–Crippen LogP) is 4.88. The van der Waals surface area contributed by atoms with Gasteiger partial charge < -0.3 is 4.74 Å². The fourth-order valence-corrected chi connectivity index (χ4v) is 3.02. The monoisotopic (exact) mass is 318 g/mol. The maximum Gasteiger partial charge on any atom is 0.349 e. The molecule has 4 heteroatoms. The molecule has 0 amide bonds. The van der Waals surface area contributed by atoms with Gasteiger partial charge in [0.2, 0.25) is 0 Å². The molecular weight excluding hydrogens is 300 g/mol. The fourth-order valence-electron chi connectivity index (χ4n) is 1.60. The van der Waals surface area contributed by atoms with Crippen LogP contribution in [0.1, 0.15) is 49.2 Å². The summed E-state index contributed by atoms with van der Waals surface area (Å²) in [5, 5.41) is 1.88. The molecule has 1 heterocycles. The van der Waals surface area contributed by atoms with E-state index in [9.17, 15) is 4.79 Å². The third-order valence-electron chi connectivity index (χ3n) is 2.80. The van der Waals surface area contributed by atoms with Crippen molar-refractivity contribution in [2.75, 3.05) is 6.61 Å². The van der Waals surface area contributed by atoms with E-state index in [-0.39, 0.29) is 5.97 Å². The van der Waals surface area contributed by atoms with Crippen molar-refractivity contribution >= 4 is 33.2 Å². The van der Waals surface area contributed by atoms with Crippen LogP contribution in [0.25, 0.3) is 0 Å². The van der Waals surface area contributed by atoms with Crippen molar-refractivity contribution in [1.82, 2.24) is 0 Å². The highest BCUT2D eigenvalue weighted by atomic mass is 79.9. The molecule has 1 atom stereocenters. The number of halogens is 1. The van der Waals surface area contributed by atoms with Crippen LogP contribution >= 0.6 is 27.3 Å². The van der Waals surface area contributed by atoms with Gasteiger partial charge >= 0.3 is 5.97 Å². The Morgan fingerprint density at radius 1 is 1.53 bits per heavy atom. The summed E-state index contributed by atoms with van der Waals surface area (Å²) in [6.45, 7) is 4.87. The predicted molar refractivity (Wildman–Crippen MR) is 75.6 cm³/mol. The lowest BCUT2D eigenvalue weighted by molar-refractivity contribution is 0.0433. The highest BCUT2D eigenvalue weighted by Crippen LogP contribution is 2.24. The summed E-state index contributed by atoms with van der Waals surface area (Å²) in [6.07, 6.45) is 4.62. The van der Waals surface area contributed by atoms with Crippen molar-refractivity contribution in [3.63, 3.8) is 0 Å². The van der Waals surface area contributed by atoms with E-state index in [4.69, 9.17) is 4.74 Å². The Balaban J connectivity index is 2.39. The SMILES string of the molecule is CCCCC(CC)COC(=O)c1sccc1Br. The number of carbonyl (C=O) groups excluding carboxylic acids is 1. The maximum atomic E-state index is 11.8. The van der Waals surface area contributed by atoms with E-state index in [0.717, 1.165) is 17.3 Å². The molecule has 1 aromatic rings. The van der Waals surface area contributed by atoms with E-state index in [1.165, 1.54) is 24.2 Å². The van der Waals surface area contributed by atoms with Crippen molar-refractivity contribution in [2.24, 2.45) is 5.92 Å². The van der Waals surface area contributed by atoms with Crippen molar-refractivity contribution in [1.29, 1.82) is 0 Å². The van der Waals surface area contributed by atoms with E-state index in [2.05, 4.69) is 29.8 Å². The average molecular weight is 319 g/mol. The minimum absolute atomic E-state index is 0.207. The Hall–Kier alpha value is -0.350. The van der Waals surface area contributed by atoms with Gasteiger partial charge in [-0.15, -0.1) is 11.3 Å². The van der Waals surface area contributed by atoms with Gasteiger partial charge in [0.25, 0.3) is 0 Å². The molecule has 0 fully saturated rings. The van der Waals surface area contributed by atoms with Crippen LogP contribution in [-0.4, -0.2) is 12.6 Å². The molecule has 0 aliphatic heterocycles. The summed E-state index contributed by atoms with van der Waals surface area (Å²) in [6, 6.07) is 1.87. The number of rotatable bonds is 7. The van der Waals surface area contributed by atoms with Crippen molar-refractivity contribution in [3.8, 4) is 0 Å². The molecule has 0 radical (unpaired) electrons. The summed E-state index contributed by atoms with van der Waals surface area (Å²) in [5.74, 6) is 0.291. The Morgan fingerprint density at radius 2 is 2.29 bits per heavy atom. The van der Waals surface area contributed by atoms with Crippen LogP contribution in [0.5, 0.6) is 0 Å². The lowest BCUT2D eigenvalue weighted by Gasteiger charge is -2.14. The molecule has 0 aromatic carbocycles. The summed E-state index contributed by atoms with van der Waals surface area (Å²) < 4.78 is 6.19. The number of thiophene rings is 1. The fraction of sp³-hybridized carbons (Fsp3) is 0.615. The van der Waals surface area contributed by atoms with Crippen LogP contribution in [0.4, 0.5) is 0 Å². The topological polar surface area (TPSA) is 26.3 Å². The first-order valence-corrected chi connectivity index (χ1v) is 7.76. The number of unbranched alkanes of at least 4 members (excludes halogenated alkanes) is 1. The van der Waals surface area contributed by atoms with Gasteiger partial charge in [0.1, 0.15) is 4.88 Å². The smallest absolute Gasteiger partial charge is 0.349 e. The molecule has 0 saturated heterocycles. The van der Waals surface area contributed by atoms with Gasteiger partial charge in [-0.1, -0.05) is 33.1 Å². The van der Waals surface area contributed by atoms with Crippen LogP contribution in [-0.2, 0) is 4.74 Å². The quantitative estimate of drug-likeness (QED) is 0.669. The third-order valence-corrected chi connectivity index (χ3v) is 4.61. The number of esters is 1. The molecule has 1 unspecified atom stereocenters. The first kappa shape index (κ1) is 14.7. The van der Waals surface area contributed by atoms with E-state index < -0.39 is 0 Å². The highest BCUT2D eigenvalue weighted by Gasteiger charge is 2.15. The Kier molecular flexibility index (Phi) is 6.82. The van der Waals surface area contributed by atoms with Gasteiger partial charge in [-0.05, 0) is 39.7 Å². The minimum Gasteiger partial charge on any atom is -0.461 e. The van der Waals surface area contributed by atoms with Gasteiger partial charge in [0, 0.05) is 4.47 Å². The van der Waals surface area contributed by atoms with Gasteiger partial charge in [0.05, 0.1) is 6.61 Å². The first-order chi connectivity index (χ1) is 8.19. The summed E-state index contributed by atoms with van der Waals surface area (Å²) in [4.78, 5) is 12.4. The molecule has 0 spiro atoms. The summed E-state index contributed by atoms with van der Waals surface area (Å²) in [5.41, 5.74) is 0. The molecule has 96 valence electrons. The zero-order valence-corrected chi connectivity index (χ0v) is 12.8. The molecule has 0 saturated carbocycles. The Bertz CT molecular complexity index is 349. The average Bonchev–Trinajstić information content (AvgIpc) is 2.75. The van der Waals surface area contributed by atoms with Crippen LogP contribution in [0.15, 0.2) is 15.9 Å². The van der Waals surface area contributed by atoms with E-state index in [1.807, 2.05) is 11.4 Å². The second kappa shape index (κ2) is 7.88. The van der Waals surface area contributed by atoms with E-state index in [1.54, 1.807) is 0 Å². The van der Waals surface area contributed by atoms with Crippen molar-refractivity contribution < 1.29 is 9.53 Å². The van der Waals surface area contributed by atoms with Crippen molar-refractivity contribution in [3.05, 3.63) is 20.8 Å².